The van der Waals surface area contributed by atoms with Crippen LogP contribution in [0.3, 0.4) is 0 Å². The van der Waals surface area contributed by atoms with Crippen LogP contribution in [0.25, 0.3) is 0 Å². The predicted octanol–water partition coefficient (Wildman–Crippen LogP) is 2.25. The first-order valence-electron chi connectivity index (χ1n) is 5.71. The van der Waals surface area contributed by atoms with Gasteiger partial charge in [0.15, 0.2) is 0 Å². The predicted molar refractivity (Wildman–Crippen MR) is 68.4 cm³/mol. The van der Waals surface area contributed by atoms with Gasteiger partial charge in [-0.05, 0) is 17.5 Å². The van der Waals surface area contributed by atoms with Crippen LogP contribution in [0.15, 0.2) is 18.2 Å². The summed E-state index contributed by atoms with van der Waals surface area (Å²) >= 11 is 0. The van der Waals surface area contributed by atoms with Crippen molar-refractivity contribution in [1.82, 2.24) is 10.6 Å². The van der Waals surface area contributed by atoms with Crippen molar-refractivity contribution in [1.29, 1.82) is 0 Å². The van der Waals surface area contributed by atoms with Crippen molar-refractivity contribution in [3.05, 3.63) is 29.3 Å². The maximum Gasteiger partial charge on any atom is 0.314 e. The first-order valence-corrected chi connectivity index (χ1v) is 5.71. The van der Waals surface area contributed by atoms with E-state index in [4.69, 9.17) is 4.74 Å². The van der Waals surface area contributed by atoms with E-state index in [1.54, 1.807) is 14.2 Å². The van der Waals surface area contributed by atoms with Crippen LogP contribution in [0.5, 0.6) is 5.75 Å². The molecule has 4 heteroatoms. The number of benzene rings is 1. The van der Waals surface area contributed by atoms with E-state index in [0.717, 1.165) is 11.3 Å². The van der Waals surface area contributed by atoms with Crippen LogP contribution in [-0.2, 0) is 6.54 Å². The van der Waals surface area contributed by atoms with Crippen molar-refractivity contribution in [2.45, 2.75) is 26.3 Å². The molecule has 0 aliphatic carbocycles. The highest BCUT2D eigenvalue weighted by atomic mass is 16.5. The van der Waals surface area contributed by atoms with Gasteiger partial charge in [0, 0.05) is 19.2 Å². The highest BCUT2D eigenvalue weighted by Gasteiger charge is 2.07. The van der Waals surface area contributed by atoms with Crippen molar-refractivity contribution < 1.29 is 9.53 Å². The highest BCUT2D eigenvalue weighted by molar-refractivity contribution is 5.73. The fraction of sp³-hybridized carbons (Fsp3) is 0.462. The van der Waals surface area contributed by atoms with Gasteiger partial charge < -0.3 is 15.4 Å². The minimum atomic E-state index is -0.193. The number of rotatable bonds is 4. The Kier molecular flexibility index (Phi) is 4.82. The third-order valence-electron chi connectivity index (χ3n) is 2.64. The van der Waals surface area contributed by atoms with Crippen molar-refractivity contribution in [2.24, 2.45) is 0 Å². The molecule has 2 amide bonds. The monoisotopic (exact) mass is 236 g/mol. The van der Waals surface area contributed by atoms with Gasteiger partial charge in [0.05, 0.1) is 7.11 Å². The summed E-state index contributed by atoms with van der Waals surface area (Å²) in [6.45, 7) is 4.74. The number of ether oxygens (including phenoxy) is 1. The van der Waals surface area contributed by atoms with Gasteiger partial charge in [0.1, 0.15) is 5.75 Å². The lowest BCUT2D eigenvalue weighted by Gasteiger charge is -2.13. The zero-order valence-corrected chi connectivity index (χ0v) is 10.8. The number of amides is 2. The maximum absolute atomic E-state index is 11.1. The third kappa shape index (κ3) is 3.66. The minimum absolute atomic E-state index is 0.193. The Morgan fingerprint density at radius 1 is 1.41 bits per heavy atom. The van der Waals surface area contributed by atoms with Gasteiger partial charge in [-0.25, -0.2) is 4.79 Å². The molecule has 0 spiro atoms. The van der Waals surface area contributed by atoms with Crippen LogP contribution in [0.1, 0.15) is 30.9 Å². The molecule has 0 unspecified atom stereocenters. The Hall–Kier alpha value is -1.71. The summed E-state index contributed by atoms with van der Waals surface area (Å²) in [7, 11) is 3.23. The number of carbonyl (C=O) groups is 1. The smallest absolute Gasteiger partial charge is 0.314 e. The van der Waals surface area contributed by atoms with Gasteiger partial charge in [-0.3, -0.25) is 0 Å². The second-order valence-electron chi connectivity index (χ2n) is 4.16. The van der Waals surface area contributed by atoms with Crippen LogP contribution in [-0.4, -0.2) is 20.2 Å². The molecular formula is C13H20N2O2. The summed E-state index contributed by atoms with van der Waals surface area (Å²) in [6.07, 6.45) is 0. The summed E-state index contributed by atoms with van der Waals surface area (Å²) in [4.78, 5) is 11.1. The van der Waals surface area contributed by atoms with E-state index in [9.17, 15) is 4.79 Å². The van der Waals surface area contributed by atoms with Crippen molar-refractivity contribution >= 4 is 6.03 Å². The Morgan fingerprint density at radius 2 is 2.12 bits per heavy atom. The van der Waals surface area contributed by atoms with Crippen molar-refractivity contribution in [2.75, 3.05) is 14.2 Å². The molecule has 0 heterocycles. The Labute approximate surface area is 102 Å². The second kappa shape index (κ2) is 6.13. The summed E-state index contributed by atoms with van der Waals surface area (Å²) in [5, 5.41) is 5.28. The summed E-state index contributed by atoms with van der Waals surface area (Å²) in [6, 6.07) is 5.87. The first kappa shape index (κ1) is 13.4. The van der Waals surface area contributed by atoms with Gasteiger partial charge >= 0.3 is 6.03 Å². The van der Waals surface area contributed by atoms with E-state index in [1.807, 2.05) is 12.1 Å². The molecule has 1 aromatic carbocycles. The molecule has 0 fully saturated rings. The van der Waals surface area contributed by atoms with Gasteiger partial charge in [-0.15, -0.1) is 0 Å². The number of urea groups is 1. The van der Waals surface area contributed by atoms with Crippen LogP contribution < -0.4 is 15.4 Å². The van der Waals surface area contributed by atoms with Gasteiger partial charge in [0.25, 0.3) is 0 Å². The Morgan fingerprint density at radius 3 is 2.65 bits per heavy atom. The summed E-state index contributed by atoms with van der Waals surface area (Å²) < 4.78 is 5.27. The molecule has 0 saturated carbocycles. The third-order valence-corrected chi connectivity index (χ3v) is 2.64. The number of hydrogen-bond donors (Lipinski definition) is 2. The zero-order chi connectivity index (χ0) is 12.8. The molecule has 17 heavy (non-hydrogen) atoms. The van der Waals surface area contributed by atoms with E-state index in [0.29, 0.717) is 12.5 Å². The zero-order valence-electron chi connectivity index (χ0n) is 10.8. The van der Waals surface area contributed by atoms with Crippen LogP contribution in [0, 0.1) is 0 Å². The molecule has 4 nitrogen and oxygen atoms in total. The quantitative estimate of drug-likeness (QED) is 0.842. The molecule has 0 bridgehead atoms. The first-order chi connectivity index (χ1) is 8.08. The molecule has 94 valence electrons. The number of hydrogen-bond acceptors (Lipinski definition) is 2. The van der Waals surface area contributed by atoms with Crippen LogP contribution in [0.4, 0.5) is 4.79 Å². The molecule has 0 saturated heterocycles. The van der Waals surface area contributed by atoms with Crippen LogP contribution >= 0.6 is 0 Å². The lowest BCUT2D eigenvalue weighted by atomic mass is 10.0. The molecule has 0 aliphatic rings. The second-order valence-corrected chi connectivity index (χ2v) is 4.16. The van der Waals surface area contributed by atoms with E-state index in [2.05, 4.69) is 30.5 Å². The number of methoxy groups -OCH3 is 1. The van der Waals surface area contributed by atoms with Crippen molar-refractivity contribution in [3.63, 3.8) is 0 Å². The summed E-state index contributed by atoms with van der Waals surface area (Å²) in [5.41, 5.74) is 2.22. The molecule has 1 rings (SSSR count). The van der Waals surface area contributed by atoms with E-state index >= 15 is 0 Å². The van der Waals surface area contributed by atoms with Gasteiger partial charge in [-0.1, -0.05) is 26.0 Å². The van der Waals surface area contributed by atoms with Crippen LogP contribution in [0.2, 0.25) is 0 Å². The highest BCUT2D eigenvalue weighted by Crippen LogP contribution is 2.23. The minimum Gasteiger partial charge on any atom is -0.496 e. The average molecular weight is 236 g/mol. The lowest BCUT2D eigenvalue weighted by Crippen LogP contribution is -2.32. The normalized spacial score (nSPS) is 10.2. The SMILES string of the molecule is CNC(=O)NCc1cc(C(C)C)ccc1OC. The van der Waals surface area contributed by atoms with E-state index in [1.165, 1.54) is 5.56 Å². The summed E-state index contributed by atoms with van der Waals surface area (Å²) in [5.74, 6) is 1.26. The van der Waals surface area contributed by atoms with Gasteiger partial charge in [-0.2, -0.15) is 0 Å². The Balaban J connectivity index is 2.86. The molecule has 0 radical (unpaired) electrons. The number of carbonyl (C=O) groups excluding carboxylic acids is 1. The average Bonchev–Trinajstić information content (AvgIpc) is 2.35. The topological polar surface area (TPSA) is 50.4 Å². The molecule has 1 aromatic rings. The largest absolute Gasteiger partial charge is 0.496 e. The van der Waals surface area contributed by atoms with E-state index in [-0.39, 0.29) is 6.03 Å². The van der Waals surface area contributed by atoms with E-state index < -0.39 is 0 Å². The molecule has 0 aromatic heterocycles. The van der Waals surface area contributed by atoms with Gasteiger partial charge in [0.2, 0.25) is 0 Å². The standard InChI is InChI=1S/C13H20N2O2/c1-9(2)10-5-6-12(17-4)11(7-10)8-15-13(16)14-3/h5-7,9H,8H2,1-4H3,(H2,14,15,16). The van der Waals surface area contributed by atoms with Crippen molar-refractivity contribution in [3.8, 4) is 5.75 Å². The molecule has 0 aliphatic heterocycles. The fourth-order valence-electron chi connectivity index (χ4n) is 1.56. The molecule has 2 N–H and O–H groups in total. The Bertz CT molecular complexity index is 389. The lowest BCUT2D eigenvalue weighted by molar-refractivity contribution is 0.242. The fourth-order valence-corrected chi connectivity index (χ4v) is 1.56. The molecular weight excluding hydrogens is 216 g/mol. The molecule has 0 atom stereocenters. The number of nitrogens with one attached hydrogen (secondary N) is 2. The maximum atomic E-state index is 11.1.